The van der Waals surface area contributed by atoms with Crippen LogP contribution in [-0.4, -0.2) is 5.38 Å². The van der Waals surface area contributed by atoms with Gasteiger partial charge in [-0.05, 0) is 49.4 Å². The first-order valence-electron chi connectivity index (χ1n) is 6.86. The van der Waals surface area contributed by atoms with Crippen molar-refractivity contribution in [1.29, 1.82) is 0 Å². The normalized spacial score (nSPS) is 47.0. The van der Waals surface area contributed by atoms with Crippen molar-refractivity contribution in [1.82, 2.24) is 0 Å². The van der Waals surface area contributed by atoms with E-state index in [0.717, 1.165) is 23.7 Å². The lowest BCUT2D eigenvalue weighted by Gasteiger charge is -2.34. The van der Waals surface area contributed by atoms with Crippen LogP contribution in [0, 0.1) is 23.7 Å². The molecule has 0 spiro atoms. The van der Waals surface area contributed by atoms with Crippen LogP contribution >= 0.6 is 11.6 Å². The molecule has 0 aliphatic heterocycles. The van der Waals surface area contributed by atoms with Crippen LogP contribution in [0.25, 0.3) is 0 Å². The Morgan fingerprint density at radius 1 is 1.00 bits per heavy atom. The van der Waals surface area contributed by atoms with Crippen LogP contribution in [-0.2, 0) is 0 Å². The zero-order valence-corrected chi connectivity index (χ0v) is 11.0. The van der Waals surface area contributed by atoms with Gasteiger partial charge in [0.05, 0.1) is 0 Å². The van der Waals surface area contributed by atoms with Gasteiger partial charge in [-0.25, -0.2) is 0 Å². The topological polar surface area (TPSA) is 0 Å². The molecule has 3 atom stereocenters. The van der Waals surface area contributed by atoms with Gasteiger partial charge < -0.3 is 0 Å². The summed E-state index contributed by atoms with van der Waals surface area (Å²) in [4.78, 5) is 0. The third-order valence-corrected chi connectivity index (χ3v) is 5.71. The van der Waals surface area contributed by atoms with Gasteiger partial charge in [-0.2, -0.15) is 0 Å². The fourth-order valence-electron chi connectivity index (χ4n) is 3.84. The van der Waals surface area contributed by atoms with Crippen molar-refractivity contribution in [3.63, 3.8) is 0 Å². The summed E-state index contributed by atoms with van der Waals surface area (Å²) < 4.78 is 0. The standard InChI is InChI=1S/C14H25Cl/c1-3-11-4-6-12(7-5-11)13-8-9-14(15)10(13)2/h10-14H,3-9H2,1-2H3. The average molecular weight is 229 g/mol. The molecule has 0 bridgehead atoms. The van der Waals surface area contributed by atoms with E-state index in [9.17, 15) is 0 Å². The largest absolute Gasteiger partial charge is 0.123 e. The summed E-state index contributed by atoms with van der Waals surface area (Å²) in [7, 11) is 0. The highest BCUT2D eigenvalue weighted by Crippen LogP contribution is 2.45. The summed E-state index contributed by atoms with van der Waals surface area (Å²) in [5, 5.41) is 0.471. The Kier molecular flexibility index (Phi) is 3.98. The van der Waals surface area contributed by atoms with Crippen molar-refractivity contribution < 1.29 is 0 Å². The maximum absolute atomic E-state index is 6.33. The molecule has 0 aromatic rings. The fraction of sp³-hybridized carbons (Fsp3) is 1.00. The number of hydrogen-bond donors (Lipinski definition) is 0. The molecule has 0 N–H and O–H groups in total. The van der Waals surface area contributed by atoms with Gasteiger partial charge in [-0.15, -0.1) is 11.6 Å². The van der Waals surface area contributed by atoms with Crippen molar-refractivity contribution in [2.24, 2.45) is 23.7 Å². The molecular weight excluding hydrogens is 204 g/mol. The van der Waals surface area contributed by atoms with Crippen molar-refractivity contribution in [3.05, 3.63) is 0 Å². The van der Waals surface area contributed by atoms with Gasteiger partial charge in [-0.3, -0.25) is 0 Å². The van der Waals surface area contributed by atoms with Crippen LogP contribution in [0.15, 0.2) is 0 Å². The van der Waals surface area contributed by atoms with Crippen molar-refractivity contribution in [3.8, 4) is 0 Å². The quantitative estimate of drug-likeness (QED) is 0.593. The van der Waals surface area contributed by atoms with Crippen LogP contribution in [0.3, 0.4) is 0 Å². The predicted octanol–water partition coefficient (Wildman–Crippen LogP) is 4.86. The van der Waals surface area contributed by atoms with E-state index in [1.807, 2.05) is 0 Å². The zero-order valence-electron chi connectivity index (χ0n) is 10.2. The molecule has 88 valence electrons. The van der Waals surface area contributed by atoms with E-state index in [4.69, 9.17) is 11.6 Å². The van der Waals surface area contributed by atoms with Crippen LogP contribution < -0.4 is 0 Å². The number of rotatable bonds is 2. The van der Waals surface area contributed by atoms with Crippen molar-refractivity contribution in [2.45, 2.75) is 64.2 Å². The molecule has 0 aromatic heterocycles. The molecular formula is C14H25Cl. The van der Waals surface area contributed by atoms with E-state index in [1.165, 1.54) is 44.9 Å². The lowest BCUT2D eigenvalue weighted by Crippen LogP contribution is -2.24. The first-order chi connectivity index (χ1) is 7.22. The summed E-state index contributed by atoms with van der Waals surface area (Å²) in [6.07, 6.45) is 9.99. The first-order valence-corrected chi connectivity index (χ1v) is 7.30. The van der Waals surface area contributed by atoms with E-state index in [-0.39, 0.29) is 0 Å². The number of hydrogen-bond acceptors (Lipinski definition) is 0. The van der Waals surface area contributed by atoms with Gasteiger partial charge in [-0.1, -0.05) is 33.1 Å². The Balaban J connectivity index is 1.85. The molecule has 2 fully saturated rings. The summed E-state index contributed by atoms with van der Waals surface area (Å²) >= 11 is 6.33. The van der Waals surface area contributed by atoms with Crippen LogP contribution in [0.2, 0.25) is 0 Å². The number of alkyl halides is 1. The van der Waals surface area contributed by atoms with Gasteiger partial charge in [0, 0.05) is 5.38 Å². The minimum atomic E-state index is 0.471. The molecule has 0 heterocycles. The highest BCUT2D eigenvalue weighted by atomic mass is 35.5. The highest BCUT2D eigenvalue weighted by molar-refractivity contribution is 6.20. The molecule has 0 radical (unpaired) electrons. The van der Waals surface area contributed by atoms with Gasteiger partial charge in [0.15, 0.2) is 0 Å². The minimum Gasteiger partial charge on any atom is -0.123 e. The van der Waals surface area contributed by atoms with E-state index >= 15 is 0 Å². The molecule has 2 saturated carbocycles. The predicted molar refractivity (Wildman–Crippen MR) is 67.3 cm³/mol. The van der Waals surface area contributed by atoms with E-state index in [1.54, 1.807) is 0 Å². The maximum Gasteiger partial charge on any atom is 0.0364 e. The molecule has 15 heavy (non-hydrogen) atoms. The summed E-state index contributed by atoms with van der Waals surface area (Å²) in [5.41, 5.74) is 0. The maximum atomic E-state index is 6.33. The Labute approximate surface area is 99.8 Å². The molecule has 2 aliphatic rings. The average Bonchev–Trinajstić information content (AvgIpc) is 2.60. The molecule has 0 amide bonds. The van der Waals surface area contributed by atoms with E-state index < -0.39 is 0 Å². The Morgan fingerprint density at radius 2 is 1.67 bits per heavy atom. The third-order valence-electron chi connectivity index (χ3n) is 5.10. The van der Waals surface area contributed by atoms with Crippen molar-refractivity contribution >= 4 is 11.6 Å². The highest BCUT2D eigenvalue weighted by Gasteiger charge is 2.37. The monoisotopic (exact) mass is 228 g/mol. The lowest BCUT2D eigenvalue weighted by atomic mass is 9.72. The minimum absolute atomic E-state index is 0.471. The smallest absolute Gasteiger partial charge is 0.0364 e. The second-order valence-corrected chi connectivity index (χ2v) is 6.37. The van der Waals surface area contributed by atoms with E-state index in [0.29, 0.717) is 5.38 Å². The van der Waals surface area contributed by atoms with Crippen molar-refractivity contribution in [2.75, 3.05) is 0 Å². The lowest BCUT2D eigenvalue weighted by molar-refractivity contribution is 0.176. The second kappa shape index (κ2) is 5.08. The zero-order chi connectivity index (χ0) is 10.8. The summed E-state index contributed by atoms with van der Waals surface area (Å²) in [5.74, 6) is 3.76. The molecule has 3 unspecified atom stereocenters. The van der Waals surface area contributed by atoms with Gasteiger partial charge in [0.2, 0.25) is 0 Å². The molecule has 0 aromatic carbocycles. The second-order valence-electron chi connectivity index (χ2n) is 5.81. The van der Waals surface area contributed by atoms with Crippen LogP contribution in [0.4, 0.5) is 0 Å². The third kappa shape index (κ3) is 2.52. The number of halogens is 1. The van der Waals surface area contributed by atoms with E-state index in [2.05, 4.69) is 13.8 Å². The summed E-state index contributed by atoms with van der Waals surface area (Å²) in [6.45, 7) is 4.72. The van der Waals surface area contributed by atoms with Gasteiger partial charge in [0.25, 0.3) is 0 Å². The van der Waals surface area contributed by atoms with Crippen LogP contribution in [0.1, 0.15) is 58.8 Å². The molecule has 1 heteroatoms. The Bertz CT molecular complexity index is 194. The molecule has 2 rings (SSSR count). The first kappa shape index (κ1) is 11.8. The fourth-order valence-corrected chi connectivity index (χ4v) is 4.15. The summed E-state index contributed by atoms with van der Waals surface area (Å²) in [6, 6.07) is 0. The SMILES string of the molecule is CCC1CCC(C2CCC(Cl)C2C)CC1. The Hall–Kier alpha value is 0.290. The van der Waals surface area contributed by atoms with Gasteiger partial charge >= 0.3 is 0 Å². The molecule has 2 aliphatic carbocycles. The van der Waals surface area contributed by atoms with Crippen LogP contribution in [0.5, 0.6) is 0 Å². The molecule has 0 saturated heterocycles. The Morgan fingerprint density at radius 3 is 2.13 bits per heavy atom. The van der Waals surface area contributed by atoms with Gasteiger partial charge in [0.1, 0.15) is 0 Å². The molecule has 0 nitrogen and oxygen atoms in total.